The Kier molecular flexibility index (Phi) is 4.91. The predicted molar refractivity (Wildman–Crippen MR) is 98.5 cm³/mol. The second-order valence-electron chi connectivity index (χ2n) is 6.68. The van der Waals surface area contributed by atoms with Crippen molar-refractivity contribution in [1.82, 2.24) is 9.88 Å². The molecule has 3 heterocycles. The first-order valence-electron chi connectivity index (χ1n) is 9.17. The second kappa shape index (κ2) is 7.64. The number of rotatable bonds is 4. The summed E-state index contributed by atoms with van der Waals surface area (Å²) < 4.78 is 10.7. The number of likely N-dealkylation sites (tertiary alicyclic amines) is 1. The minimum Gasteiger partial charge on any atom is -0.454 e. The smallest absolute Gasteiger partial charge is 0.272 e. The Labute approximate surface area is 153 Å². The molecule has 1 fully saturated rings. The van der Waals surface area contributed by atoms with Crippen molar-refractivity contribution in [3.05, 3.63) is 47.8 Å². The molecular formula is C20H23N3O3. The van der Waals surface area contributed by atoms with Crippen molar-refractivity contribution in [2.45, 2.75) is 32.2 Å². The predicted octanol–water partition coefficient (Wildman–Crippen LogP) is 3.44. The monoisotopic (exact) mass is 353 g/mol. The van der Waals surface area contributed by atoms with Crippen molar-refractivity contribution in [3.63, 3.8) is 0 Å². The number of amides is 1. The molecule has 1 aromatic carbocycles. The number of pyridine rings is 1. The van der Waals surface area contributed by atoms with Gasteiger partial charge in [0, 0.05) is 19.6 Å². The summed E-state index contributed by atoms with van der Waals surface area (Å²) in [5, 5.41) is 3.32. The van der Waals surface area contributed by atoms with Gasteiger partial charge in [-0.05, 0) is 42.7 Å². The van der Waals surface area contributed by atoms with Crippen molar-refractivity contribution >= 4 is 11.6 Å². The summed E-state index contributed by atoms with van der Waals surface area (Å²) in [5.74, 6) is 1.60. The first kappa shape index (κ1) is 16.7. The summed E-state index contributed by atoms with van der Waals surface area (Å²) in [6.45, 7) is 2.61. The molecule has 2 aliphatic heterocycles. The molecular weight excluding hydrogens is 330 g/mol. The summed E-state index contributed by atoms with van der Waals surface area (Å²) in [7, 11) is 0. The number of aromatic nitrogens is 1. The van der Waals surface area contributed by atoms with E-state index < -0.39 is 0 Å². The molecule has 0 aliphatic carbocycles. The van der Waals surface area contributed by atoms with E-state index in [-0.39, 0.29) is 12.7 Å². The Morgan fingerprint density at radius 2 is 1.85 bits per heavy atom. The van der Waals surface area contributed by atoms with Crippen LogP contribution in [0, 0.1) is 0 Å². The van der Waals surface area contributed by atoms with Crippen LogP contribution in [-0.4, -0.2) is 35.7 Å². The number of hydrogen-bond donors (Lipinski definition) is 1. The van der Waals surface area contributed by atoms with Crippen LogP contribution in [0.25, 0.3) is 0 Å². The highest BCUT2D eigenvalue weighted by Crippen LogP contribution is 2.32. The molecule has 2 aliphatic rings. The lowest BCUT2D eigenvalue weighted by molar-refractivity contribution is 0.0756. The van der Waals surface area contributed by atoms with Gasteiger partial charge in [0.05, 0.1) is 11.9 Å². The molecule has 0 atom stereocenters. The Bertz CT molecular complexity index is 768. The minimum absolute atomic E-state index is 0.0363. The van der Waals surface area contributed by atoms with Crippen LogP contribution in [-0.2, 0) is 6.54 Å². The number of carbonyl (C=O) groups is 1. The van der Waals surface area contributed by atoms with E-state index in [0.29, 0.717) is 12.2 Å². The summed E-state index contributed by atoms with van der Waals surface area (Å²) in [5.41, 5.74) is 2.49. The van der Waals surface area contributed by atoms with E-state index in [4.69, 9.17) is 9.47 Å². The first-order valence-corrected chi connectivity index (χ1v) is 9.17. The average Bonchev–Trinajstić information content (AvgIpc) is 2.98. The van der Waals surface area contributed by atoms with E-state index >= 15 is 0 Å². The first-order chi connectivity index (χ1) is 12.8. The molecule has 26 heavy (non-hydrogen) atoms. The van der Waals surface area contributed by atoms with Gasteiger partial charge in [0.2, 0.25) is 6.79 Å². The maximum Gasteiger partial charge on any atom is 0.272 e. The molecule has 0 unspecified atom stereocenters. The van der Waals surface area contributed by atoms with Gasteiger partial charge in [0.25, 0.3) is 5.91 Å². The third-order valence-electron chi connectivity index (χ3n) is 4.81. The van der Waals surface area contributed by atoms with Gasteiger partial charge in [0.15, 0.2) is 11.5 Å². The van der Waals surface area contributed by atoms with Gasteiger partial charge in [-0.25, -0.2) is 4.98 Å². The maximum absolute atomic E-state index is 12.6. The summed E-state index contributed by atoms with van der Waals surface area (Å²) in [6.07, 6.45) is 6.31. The van der Waals surface area contributed by atoms with Gasteiger partial charge in [-0.2, -0.15) is 0 Å². The van der Waals surface area contributed by atoms with Gasteiger partial charge in [-0.1, -0.05) is 18.9 Å². The third-order valence-corrected chi connectivity index (χ3v) is 4.81. The zero-order valence-corrected chi connectivity index (χ0v) is 14.7. The molecule has 1 aromatic heterocycles. The second-order valence-corrected chi connectivity index (χ2v) is 6.68. The van der Waals surface area contributed by atoms with E-state index in [9.17, 15) is 4.79 Å². The molecule has 0 bridgehead atoms. The van der Waals surface area contributed by atoms with E-state index in [1.54, 1.807) is 12.3 Å². The fourth-order valence-corrected chi connectivity index (χ4v) is 3.32. The number of ether oxygens (including phenoxy) is 2. The highest BCUT2D eigenvalue weighted by Gasteiger charge is 2.18. The van der Waals surface area contributed by atoms with Crippen LogP contribution >= 0.6 is 0 Å². The molecule has 1 saturated heterocycles. The number of hydrogen-bond acceptors (Lipinski definition) is 5. The molecule has 4 rings (SSSR count). The van der Waals surface area contributed by atoms with Crippen LogP contribution in [0.3, 0.4) is 0 Å². The van der Waals surface area contributed by atoms with Gasteiger partial charge in [-0.3, -0.25) is 4.79 Å². The highest BCUT2D eigenvalue weighted by atomic mass is 16.7. The van der Waals surface area contributed by atoms with Crippen molar-refractivity contribution in [2.75, 3.05) is 25.2 Å². The molecule has 0 spiro atoms. The van der Waals surface area contributed by atoms with Crippen LogP contribution in [0.4, 0.5) is 5.69 Å². The van der Waals surface area contributed by atoms with Crippen molar-refractivity contribution < 1.29 is 14.3 Å². The molecule has 0 radical (unpaired) electrons. The number of nitrogens with zero attached hydrogens (tertiary/aromatic N) is 2. The van der Waals surface area contributed by atoms with Crippen LogP contribution in [0.2, 0.25) is 0 Å². The standard InChI is InChI=1S/C20H23N3O3/c24-20(23-9-3-1-2-4-10-23)17-7-6-16(13-22-17)21-12-15-5-8-18-19(11-15)26-14-25-18/h5-8,11,13,21H,1-4,9-10,12,14H2. The number of benzene rings is 1. The molecule has 6 heteroatoms. The van der Waals surface area contributed by atoms with Crippen LogP contribution in [0.15, 0.2) is 36.5 Å². The topological polar surface area (TPSA) is 63.7 Å². The lowest BCUT2D eigenvalue weighted by atomic mass is 10.2. The van der Waals surface area contributed by atoms with Crippen LogP contribution in [0.5, 0.6) is 11.5 Å². The van der Waals surface area contributed by atoms with Crippen molar-refractivity contribution in [1.29, 1.82) is 0 Å². The lowest BCUT2D eigenvalue weighted by Gasteiger charge is -2.19. The Morgan fingerprint density at radius 3 is 2.62 bits per heavy atom. The largest absolute Gasteiger partial charge is 0.454 e. The van der Waals surface area contributed by atoms with E-state index in [0.717, 1.165) is 48.7 Å². The van der Waals surface area contributed by atoms with Gasteiger partial charge in [-0.15, -0.1) is 0 Å². The molecule has 1 amide bonds. The summed E-state index contributed by atoms with van der Waals surface area (Å²) in [6, 6.07) is 9.60. The van der Waals surface area contributed by atoms with E-state index in [1.807, 2.05) is 29.2 Å². The molecule has 136 valence electrons. The Morgan fingerprint density at radius 1 is 1.04 bits per heavy atom. The minimum atomic E-state index is 0.0363. The fourth-order valence-electron chi connectivity index (χ4n) is 3.32. The van der Waals surface area contributed by atoms with Crippen LogP contribution in [0.1, 0.15) is 41.7 Å². The zero-order valence-electron chi connectivity index (χ0n) is 14.7. The highest BCUT2D eigenvalue weighted by molar-refractivity contribution is 5.92. The quantitative estimate of drug-likeness (QED) is 0.912. The molecule has 2 aromatic rings. The average molecular weight is 353 g/mol. The SMILES string of the molecule is O=C(c1ccc(NCc2ccc3c(c2)OCO3)cn1)N1CCCCCC1. The number of carbonyl (C=O) groups excluding carboxylic acids is 1. The molecule has 1 N–H and O–H groups in total. The number of anilines is 1. The number of nitrogens with one attached hydrogen (secondary N) is 1. The lowest BCUT2D eigenvalue weighted by Crippen LogP contribution is -2.32. The van der Waals surface area contributed by atoms with E-state index in [2.05, 4.69) is 10.3 Å². The fraction of sp³-hybridized carbons (Fsp3) is 0.400. The van der Waals surface area contributed by atoms with Gasteiger partial charge in [0.1, 0.15) is 5.69 Å². The van der Waals surface area contributed by atoms with Gasteiger partial charge >= 0.3 is 0 Å². The Balaban J connectivity index is 1.36. The van der Waals surface area contributed by atoms with Crippen LogP contribution < -0.4 is 14.8 Å². The van der Waals surface area contributed by atoms with Gasteiger partial charge < -0.3 is 19.7 Å². The zero-order chi connectivity index (χ0) is 17.8. The third kappa shape index (κ3) is 3.74. The summed E-state index contributed by atoms with van der Waals surface area (Å²) >= 11 is 0. The number of fused-ring (bicyclic) bond motifs is 1. The molecule has 0 saturated carbocycles. The normalized spacial score (nSPS) is 16.2. The van der Waals surface area contributed by atoms with Crippen molar-refractivity contribution in [2.24, 2.45) is 0 Å². The Hall–Kier alpha value is -2.76. The summed E-state index contributed by atoms with van der Waals surface area (Å²) in [4.78, 5) is 18.9. The van der Waals surface area contributed by atoms with Crippen molar-refractivity contribution in [3.8, 4) is 11.5 Å². The van der Waals surface area contributed by atoms with E-state index in [1.165, 1.54) is 12.8 Å². The maximum atomic E-state index is 12.6. The molecule has 6 nitrogen and oxygen atoms in total.